The van der Waals surface area contributed by atoms with E-state index >= 15 is 0 Å². The Bertz CT molecular complexity index is 915. The van der Waals surface area contributed by atoms with Crippen molar-refractivity contribution in [1.82, 2.24) is 4.90 Å². The van der Waals surface area contributed by atoms with Gasteiger partial charge in [-0.3, -0.25) is 15.0 Å². The van der Waals surface area contributed by atoms with Crippen LogP contribution < -0.4 is 0 Å². The van der Waals surface area contributed by atoms with Crippen molar-refractivity contribution in [2.45, 2.75) is 70.1 Å². The molecule has 178 valence electrons. The Balaban J connectivity index is 1.77. The molecule has 8 heteroatoms. The molecule has 0 aromatic heterocycles. The van der Waals surface area contributed by atoms with Gasteiger partial charge in [0.05, 0.1) is 25.3 Å². The molecule has 1 aliphatic rings. The maximum Gasteiger partial charge on any atom is 0.410 e. The lowest BCUT2D eigenvalue weighted by Gasteiger charge is -2.31. The summed E-state index contributed by atoms with van der Waals surface area (Å²) >= 11 is 0. The molecule has 1 saturated heterocycles. The molecule has 0 spiro atoms. The zero-order valence-corrected chi connectivity index (χ0v) is 19.3. The molecule has 3 rings (SSSR count). The van der Waals surface area contributed by atoms with Gasteiger partial charge < -0.3 is 14.6 Å². The zero-order chi connectivity index (χ0) is 24.0. The highest BCUT2D eigenvalue weighted by Gasteiger charge is 2.47. The van der Waals surface area contributed by atoms with Gasteiger partial charge in [0.2, 0.25) is 6.04 Å². The van der Waals surface area contributed by atoms with Gasteiger partial charge in [-0.25, -0.2) is 4.79 Å². The van der Waals surface area contributed by atoms with E-state index in [1.54, 1.807) is 45.0 Å². The molecule has 2 aromatic carbocycles. The van der Waals surface area contributed by atoms with Crippen LogP contribution in [0.3, 0.4) is 0 Å². The van der Waals surface area contributed by atoms with Crippen LogP contribution in [0.5, 0.6) is 0 Å². The van der Waals surface area contributed by atoms with E-state index in [2.05, 4.69) is 0 Å². The van der Waals surface area contributed by atoms with E-state index in [0.717, 1.165) is 11.1 Å². The molecule has 1 aliphatic heterocycles. The van der Waals surface area contributed by atoms with E-state index < -0.39 is 34.8 Å². The number of likely N-dealkylation sites (tertiary alicyclic amines) is 1. The van der Waals surface area contributed by atoms with Crippen molar-refractivity contribution in [1.29, 1.82) is 0 Å². The molecule has 0 unspecified atom stereocenters. The minimum absolute atomic E-state index is 0.0587. The van der Waals surface area contributed by atoms with Crippen LogP contribution >= 0.6 is 0 Å². The molecule has 1 amide bonds. The summed E-state index contributed by atoms with van der Waals surface area (Å²) in [4.78, 5) is 25.7. The largest absolute Gasteiger partial charge is 0.444 e. The molecule has 0 bridgehead atoms. The number of benzene rings is 2. The number of hydrogen-bond donors (Lipinski definition) is 1. The Kier molecular flexibility index (Phi) is 8.05. The summed E-state index contributed by atoms with van der Waals surface area (Å²) in [5.74, 6) is 0. The highest BCUT2D eigenvalue weighted by atomic mass is 16.6. The van der Waals surface area contributed by atoms with Crippen molar-refractivity contribution in [3.63, 3.8) is 0 Å². The maximum absolute atomic E-state index is 12.9. The topological polar surface area (TPSA) is 102 Å². The fourth-order valence-electron chi connectivity index (χ4n) is 4.02. The van der Waals surface area contributed by atoms with Crippen LogP contribution in [0, 0.1) is 10.1 Å². The number of rotatable bonds is 8. The summed E-state index contributed by atoms with van der Waals surface area (Å²) in [5, 5.41) is 23.0. The van der Waals surface area contributed by atoms with Crippen LogP contribution in [0.1, 0.15) is 38.3 Å². The van der Waals surface area contributed by atoms with Gasteiger partial charge in [-0.15, -0.1) is 0 Å². The molecule has 1 fully saturated rings. The SMILES string of the molecule is CC(C)(C)OC(=O)N1C[C@H](OCc2ccccc2)C[C@@H]1[C@@H](O)[C@H](Cc1ccccc1)[N+](=O)[O-]. The molecule has 0 aliphatic carbocycles. The second-order valence-corrected chi connectivity index (χ2v) is 9.39. The Morgan fingerprint density at radius 2 is 1.70 bits per heavy atom. The predicted molar refractivity (Wildman–Crippen MR) is 123 cm³/mol. The first kappa shape index (κ1) is 24.7. The van der Waals surface area contributed by atoms with Crippen molar-refractivity contribution in [3.8, 4) is 0 Å². The molecular weight excluding hydrogens is 424 g/mol. The Labute approximate surface area is 194 Å². The number of aliphatic hydroxyl groups excluding tert-OH is 1. The Hall–Kier alpha value is -2.97. The summed E-state index contributed by atoms with van der Waals surface area (Å²) in [6.45, 7) is 5.81. The Morgan fingerprint density at radius 3 is 2.24 bits per heavy atom. The summed E-state index contributed by atoms with van der Waals surface area (Å²) in [6, 6.07) is 16.6. The second kappa shape index (κ2) is 10.8. The van der Waals surface area contributed by atoms with E-state index in [0.29, 0.717) is 6.61 Å². The van der Waals surface area contributed by atoms with Gasteiger partial charge in [0.15, 0.2) is 0 Å². The van der Waals surface area contributed by atoms with Crippen molar-refractivity contribution in [3.05, 3.63) is 81.9 Å². The molecule has 0 saturated carbocycles. The number of nitro groups is 1. The molecule has 1 N–H and O–H groups in total. The lowest BCUT2D eigenvalue weighted by molar-refractivity contribution is -0.535. The minimum Gasteiger partial charge on any atom is -0.444 e. The zero-order valence-electron chi connectivity index (χ0n) is 19.3. The van der Waals surface area contributed by atoms with Gasteiger partial charge in [0.1, 0.15) is 11.7 Å². The summed E-state index contributed by atoms with van der Waals surface area (Å²) in [5.41, 5.74) is 0.997. The number of ether oxygens (including phenoxy) is 2. The minimum atomic E-state index is -1.38. The van der Waals surface area contributed by atoms with Crippen LogP contribution in [0.25, 0.3) is 0 Å². The fraction of sp³-hybridized carbons (Fsp3) is 0.480. The quantitative estimate of drug-likeness (QED) is 0.478. The van der Waals surface area contributed by atoms with E-state index in [9.17, 15) is 20.0 Å². The van der Waals surface area contributed by atoms with Crippen LogP contribution in [0.2, 0.25) is 0 Å². The van der Waals surface area contributed by atoms with Crippen molar-refractivity contribution in [2.75, 3.05) is 6.54 Å². The van der Waals surface area contributed by atoms with Gasteiger partial charge in [-0.1, -0.05) is 60.7 Å². The van der Waals surface area contributed by atoms with Crippen LogP contribution in [0.15, 0.2) is 60.7 Å². The highest BCUT2D eigenvalue weighted by Crippen LogP contribution is 2.29. The maximum atomic E-state index is 12.9. The smallest absolute Gasteiger partial charge is 0.410 e. The molecule has 33 heavy (non-hydrogen) atoms. The molecule has 0 radical (unpaired) electrons. The number of nitrogens with zero attached hydrogens (tertiary/aromatic N) is 2. The van der Waals surface area contributed by atoms with Crippen molar-refractivity contribution in [2.24, 2.45) is 0 Å². The van der Waals surface area contributed by atoms with Crippen LogP contribution in [0.4, 0.5) is 4.79 Å². The van der Waals surface area contributed by atoms with Crippen LogP contribution in [-0.4, -0.2) is 57.5 Å². The third-order valence-electron chi connectivity index (χ3n) is 5.61. The molecule has 2 aromatic rings. The molecular formula is C25H32N2O6. The average molecular weight is 457 g/mol. The van der Waals surface area contributed by atoms with E-state index in [1.165, 1.54) is 4.90 Å². The summed E-state index contributed by atoms with van der Waals surface area (Å²) < 4.78 is 11.5. The average Bonchev–Trinajstić information content (AvgIpc) is 3.20. The normalized spacial score (nSPS) is 20.3. The van der Waals surface area contributed by atoms with Gasteiger partial charge in [0.25, 0.3) is 0 Å². The molecule has 1 heterocycles. The number of carbonyl (C=O) groups is 1. The standard InChI is InChI=1S/C25H32N2O6/c1-25(2,3)33-24(29)26-16-20(32-17-19-12-8-5-9-13-19)15-21(26)23(28)22(27(30)31)14-18-10-6-4-7-11-18/h4-13,20-23,28H,14-17H2,1-3H3/t20-,21-,22+,23-/m1/s1. The monoisotopic (exact) mass is 456 g/mol. The van der Waals surface area contributed by atoms with Gasteiger partial charge in [0, 0.05) is 11.3 Å². The third-order valence-corrected chi connectivity index (χ3v) is 5.61. The predicted octanol–water partition coefficient (Wildman–Crippen LogP) is 3.83. The first-order chi connectivity index (χ1) is 15.6. The van der Waals surface area contributed by atoms with E-state index in [1.807, 2.05) is 36.4 Å². The molecule has 8 nitrogen and oxygen atoms in total. The third kappa shape index (κ3) is 7.00. The van der Waals surface area contributed by atoms with E-state index in [-0.39, 0.29) is 25.5 Å². The number of amides is 1. The van der Waals surface area contributed by atoms with Crippen molar-refractivity contribution < 1.29 is 24.3 Å². The van der Waals surface area contributed by atoms with Crippen molar-refractivity contribution >= 4 is 6.09 Å². The molecule has 4 atom stereocenters. The number of carbonyl (C=O) groups excluding carboxylic acids is 1. The van der Waals surface area contributed by atoms with Crippen LogP contribution in [-0.2, 0) is 22.5 Å². The summed E-state index contributed by atoms with van der Waals surface area (Å²) in [6.07, 6.45) is -2.02. The first-order valence-corrected chi connectivity index (χ1v) is 11.1. The fourth-order valence-corrected chi connectivity index (χ4v) is 4.02. The first-order valence-electron chi connectivity index (χ1n) is 11.1. The number of aliphatic hydroxyl groups is 1. The van der Waals surface area contributed by atoms with Gasteiger partial charge >= 0.3 is 6.09 Å². The van der Waals surface area contributed by atoms with Gasteiger partial charge in [-0.05, 0) is 38.3 Å². The van der Waals surface area contributed by atoms with E-state index in [4.69, 9.17) is 9.47 Å². The van der Waals surface area contributed by atoms with Gasteiger partial charge in [-0.2, -0.15) is 0 Å². The summed E-state index contributed by atoms with van der Waals surface area (Å²) in [7, 11) is 0. The lowest BCUT2D eigenvalue weighted by Crippen LogP contribution is -2.51. The lowest BCUT2D eigenvalue weighted by atomic mass is 9.95. The number of hydrogen-bond acceptors (Lipinski definition) is 6. The highest BCUT2D eigenvalue weighted by molar-refractivity contribution is 5.69. The second-order valence-electron chi connectivity index (χ2n) is 9.39. The Morgan fingerprint density at radius 1 is 1.12 bits per heavy atom.